The highest BCUT2D eigenvalue weighted by atomic mass is 19.4. The average Bonchev–Trinajstić information content (AvgIpc) is 2.35. The molecule has 1 aromatic heterocycles. The van der Waals surface area contributed by atoms with Gasteiger partial charge in [0.2, 0.25) is 5.88 Å². The summed E-state index contributed by atoms with van der Waals surface area (Å²) in [5.41, 5.74) is -0.808. The first-order valence-corrected chi connectivity index (χ1v) is 5.05. The lowest BCUT2D eigenvalue weighted by atomic mass is 10.1. The van der Waals surface area contributed by atoms with E-state index in [1.165, 1.54) is 26.4 Å². The van der Waals surface area contributed by atoms with Crippen LogP contribution in [0.4, 0.5) is 13.2 Å². The molecular weight excluding hydrogens is 247 g/mol. The molecule has 0 atom stereocenters. The lowest BCUT2D eigenvalue weighted by Gasteiger charge is -2.12. The number of rotatable bonds is 2. The van der Waals surface area contributed by atoms with Crippen molar-refractivity contribution in [3.63, 3.8) is 0 Å². The van der Waals surface area contributed by atoms with Crippen LogP contribution in [0.1, 0.15) is 5.56 Å². The van der Waals surface area contributed by atoms with Crippen LogP contribution in [0, 0.1) is 0 Å². The van der Waals surface area contributed by atoms with E-state index < -0.39 is 11.7 Å². The first-order valence-electron chi connectivity index (χ1n) is 5.05. The Hall–Kier alpha value is -1.98. The standard InChI is InChI=1S/C12H10F3NO2/c1-17-7-3-4-8-9(5-7)10(12(13,14)15)6-16-11(8)18-2/h3-6H,1-2H3. The van der Waals surface area contributed by atoms with E-state index in [-0.39, 0.29) is 11.3 Å². The number of nitrogens with zero attached hydrogens (tertiary/aromatic N) is 1. The van der Waals surface area contributed by atoms with Crippen LogP contribution < -0.4 is 9.47 Å². The predicted octanol–water partition coefficient (Wildman–Crippen LogP) is 3.27. The van der Waals surface area contributed by atoms with E-state index in [4.69, 9.17) is 9.47 Å². The van der Waals surface area contributed by atoms with Crippen molar-refractivity contribution in [3.8, 4) is 11.6 Å². The van der Waals surface area contributed by atoms with Gasteiger partial charge in [0.25, 0.3) is 0 Å². The van der Waals surface area contributed by atoms with Crippen molar-refractivity contribution in [1.82, 2.24) is 4.98 Å². The van der Waals surface area contributed by atoms with Crippen molar-refractivity contribution in [1.29, 1.82) is 0 Å². The molecule has 0 aliphatic heterocycles. The third kappa shape index (κ3) is 2.05. The Labute approximate surface area is 101 Å². The second kappa shape index (κ2) is 4.36. The monoisotopic (exact) mass is 257 g/mol. The molecule has 0 saturated heterocycles. The number of methoxy groups -OCH3 is 2. The number of pyridine rings is 1. The van der Waals surface area contributed by atoms with Gasteiger partial charge in [-0.25, -0.2) is 4.98 Å². The van der Waals surface area contributed by atoms with Crippen LogP contribution in [0.5, 0.6) is 11.6 Å². The summed E-state index contributed by atoms with van der Waals surface area (Å²) >= 11 is 0. The molecule has 0 N–H and O–H groups in total. The van der Waals surface area contributed by atoms with Gasteiger partial charge in [0.1, 0.15) is 5.75 Å². The molecule has 0 bridgehead atoms. The van der Waals surface area contributed by atoms with Crippen LogP contribution in [0.25, 0.3) is 10.8 Å². The van der Waals surface area contributed by atoms with Crippen molar-refractivity contribution in [3.05, 3.63) is 30.0 Å². The van der Waals surface area contributed by atoms with E-state index in [9.17, 15) is 13.2 Å². The summed E-state index contributed by atoms with van der Waals surface area (Å²) in [6.07, 6.45) is -3.70. The smallest absolute Gasteiger partial charge is 0.418 e. The van der Waals surface area contributed by atoms with Gasteiger partial charge in [0.05, 0.1) is 19.8 Å². The number of aromatic nitrogens is 1. The van der Waals surface area contributed by atoms with Gasteiger partial charge in [-0.1, -0.05) is 0 Å². The summed E-state index contributed by atoms with van der Waals surface area (Å²) in [6, 6.07) is 4.38. The number of hydrogen-bond donors (Lipinski definition) is 0. The summed E-state index contributed by atoms with van der Waals surface area (Å²) in [6.45, 7) is 0. The van der Waals surface area contributed by atoms with Crippen LogP contribution in [-0.4, -0.2) is 19.2 Å². The number of alkyl halides is 3. The lowest BCUT2D eigenvalue weighted by molar-refractivity contribution is -0.136. The zero-order valence-electron chi connectivity index (χ0n) is 9.71. The molecule has 1 aromatic carbocycles. The Kier molecular flexibility index (Phi) is 3.02. The molecule has 0 radical (unpaired) electrons. The van der Waals surface area contributed by atoms with Gasteiger partial charge < -0.3 is 9.47 Å². The van der Waals surface area contributed by atoms with Crippen LogP contribution in [-0.2, 0) is 6.18 Å². The fraction of sp³-hybridized carbons (Fsp3) is 0.250. The molecule has 1 heterocycles. The summed E-state index contributed by atoms with van der Waals surface area (Å²) in [7, 11) is 2.76. The zero-order valence-corrected chi connectivity index (χ0v) is 9.71. The van der Waals surface area contributed by atoms with Crippen molar-refractivity contribution in [2.75, 3.05) is 14.2 Å². The fourth-order valence-electron chi connectivity index (χ4n) is 1.71. The minimum absolute atomic E-state index is 0.00806. The first kappa shape index (κ1) is 12.5. The molecule has 0 amide bonds. The fourth-order valence-corrected chi connectivity index (χ4v) is 1.71. The number of ether oxygens (including phenoxy) is 2. The quantitative estimate of drug-likeness (QED) is 0.827. The van der Waals surface area contributed by atoms with Gasteiger partial charge in [-0.2, -0.15) is 13.2 Å². The summed E-state index contributed by atoms with van der Waals surface area (Å²) < 4.78 is 48.5. The van der Waals surface area contributed by atoms with Crippen molar-refractivity contribution in [2.24, 2.45) is 0 Å². The Morgan fingerprint density at radius 1 is 1.06 bits per heavy atom. The van der Waals surface area contributed by atoms with E-state index in [0.29, 0.717) is 11.1 Å². The summed E-state index contributed by atoms with van der Waals surface area (Å²) in [5, 5.41) is 0.307. The summed E-state index contributed by atoms with van der Waals surface area (Å²) in [5.74, 6) is 0.502. The second-order valence-corrected chi connectivity index (χ2v) is 3.59. The maximum atomic E-state index is 12.9. The molecule has 3 nitrogen and oxygen atoms in total. The minimum atomic E-state index is -4.47. The van der Waals surface area contributed by atoms with Crippen LogP contribution >= 0.6 is 0 Å². The van der Waals surface area contributed by atoms with Crippen molar-refractivity contribution < 1.29 is 22.6 Å². The van der Waals surface area contributed by atoms with Crippen LogP contribution in [0.2, 0.25) is 0 Å². The van der Waals surface area contributed by atoms with E-state index in [0.717, 1.165) is 6.20 Å². The Morgan fingerprint density at radius 3 is 2.33 bits per heavy atom. The highest BCUT2D eigenvalue weighted by molar-refractivity contribution is 5.91. The molecule has 6 heteroatoms. The molecule has 0 unspecified atom stereocenters. The van der Waals surface area contributed by atoms with Gasteiger partial charge in [0.15, 0.2) is 0 Å². The molecule has 0 aliphatic rings. The molecule has 18 heavy (non-hydrogen) atoms. The zero-order chi connectivity index (χ0) is 13.3. The Bertz CT molecular complexity index is 581. The molecule has 0 spiro atoms. The first-order chi connectivity index (χ1) is 8.47. The lowest BCUT2D eigenvalue weighted by Crippen LogP contribution is -2.07. The maximum absolute atomic E-state index is 12.9. The SMILES string of the molecule is COc1ccc2c(OC)ncc(C(F)(F)F)c2c1. The molecule has 96 valence electrons. The number of benzene rings is 1. The molecule has 0 aliphatic carbocycles. The number of hydrogen-bond acceptors (Lipinski definition) is 3. The normalized spacial score (nSPS) is 11.6. The number of halogens is 3. The molecule has 0 saturated carbocycles. The van der Waals surface area contributed by atoms with E-state index in [1.54, 1.807) is 6.07 Å². The van der Waals surface area contributed by atoms with Crippen molar-refractivity contribution >= 4 is 10.8 Å². The van der Waals surface area contributed by atoms with Gasteiger partial charge in [-0.05, 0) is 18.2 Å². The Balaban J connectivity index is 2.80. The van der Waals surface area contributed by atoms with Gasteiger partial charge in [-0.15, -0.1) is 0 Å². The highest BCUT2D eigenvalue weighted by Gasteiger charge is 2.33. The van der Waals surface area contributed by atoms with Crippen LogP contribution in [0.15, 0.2) is 24.4 Å². The Morgan fingerprint density at radius 2 is 1.78 bits per heavy atom. The highest BCUT2D eigenvalue weighted by Crippen LogP contribution is 2.38. The number of fused-ring (bicyclic) bond motifs is 1. The third-order valence-electron chi connectivity index (χ3n) is 2.56. The largest absolute Gasteiger partial charge is 0.497 e. The topological polar surface area (TPSA) is 31.4 Å². The average molecular weight is 257 g/mol. The third-order valence-corrected chi connectivity index (χ3v) is 2.56. The van der Waals surface area contributed by atoms with Gasteiger partial charge in [0, 0.05) is 17.0 Å². The van der Waals surface area contributed by atoms with Gasteiger partial charge >= 0.3 is 6.18 Å². The predicted molar refractivity (Wildman–Crippen MR) is 59.8 cm³/mol. The van der Waals surface area contributed by atoms with Gasteiger partial charge in [-0.3, -0.25) is 0 Å². The minimum Gasteiger partial charge on any atom is -0.497 e. The molecule has 2 aromatic rings. The van der Waals surface area contributed by atoms with Crippen LogP contribution in [0.3, 0.4) is 0 Å². The molecular formula is C12H10F3NO2. The molecule has 0 fully saturated rings. The maximum Gasteiger partial charge on any atom is 0.418 e. The second-order valence-electron chi connectivity index (χ2n) is 3.59. The van der Waals surface area contributed by atoms with E-state index in [2.05, 4.69) is 4.98 Å². The summed E-state index contributed by atoms with van der Waals surface area (Å²) in [4.78, 5) is 3.66. The molecule has 2 rings (SSSR count). The van der Waals surface area contributed by atoms with E-state index >= 15 is 0 Å². The van der Waals surface area contributed by atoms with Crippen molar-refractivity contribution in [2.45, 2.75) is 6.18 Å². The van der Waals surface area contributed by atoms with E-state index in [1.807, 2.05) is 0 Å².